The van der Waals surface area contributed by atoms with Crippen LogP contribution in [0.15, 0.2) is 34.9 Å². The molecule has 1 aromatic carbocycles. The first-order chi connectivity index (χ1) is 8.20. The molecule has 0 radical (unpaired) electrons. The molecule has 0 N–H and O–H groups in total. The first-order valence-corrected chi connectivity index (χ1v) is 7.57. The minimum Gasteiger partial charge on any atom is -0.250 e. The van der Waals surface area contributed by atoms with E-state index in [0.717, 1.165) is 15.9 Å². The van der Waals surface area contributed by atoms with Crippen molar-refractivity contribution in [2.75, 3.05) is 5.88 Å². The molecule has 0 aliphatic heterocycles. The molecule has 2 aromatic rings. The summed E-state index contributed by atoms with van der Waals surface area (Å²) >= 11 is 11.4. The average Bonchev–Trinajstić information content (AvgIpc) is 2.73. The Balaban J connectivity index is 2.20. The molecule has 0 bridgehead atoms. The zero-order valence-electron chi connectivity index (χ0n) is 9.49. The first-order valence-electron chi connectivity index (χ1n) is 5.42. The van der Waals surface area contributed by atoms with E-state index in [2.05, 4.69) is 39.1 Å². The van der Waals surface area contributed by atoms with Crippen LogP contribution in [0.25, 0.3) is 0 Å². The summed E-state index contributed by atoms with van der Waals surface area (Å²) in [6.07, 6.45) is 2.91. The van der Waals surface area contributed by atoms with Gasteiger partial charge < -0.3 is 0 Å². The van der Waals surface area contributed by atoms with Gasteiger partial charge in [0, 0.05) is 27.3 Å². The summed E-state index contributed by atoms with van der Waals surface area (Å²) < 4.78 is 1.13. The molecular formula is C13H13BrClNS. The Morgan fingerprint density at radius 3 is 2.76 bits per heavy atom. The molecule has 1 heterocycles. The quantitative estimate of drug-likeness (QED) is 0.735. The molecule has 1 nitrogen and oxygen atoms in total. The molecular weight excluding hydrogens is 318 g/mol. The molecule has 90 valence electrons. The molecule has 0 aliphatic carbocycles. The fraction of sp³-hybridized carbons (Fsp3) is 0.308. The van der Waals surface area contributed by atoms with E-state index >= 15 is 0 Å². The van der Waals surface area contributed by atoms with Crippen LogP contribution in [0, 0.1) is 6.92 Å². The van der Waals surface area contributed by atoms with E-state index < -0.39 is 0 Å². The van der Waals surface area contributed by atoms with Gasteiger partial charge in [0.05, 0.1) is 5.01 Å². The number of alkyl halides is 1. The summed E-state index contributed by atoms with van der Waals surface area (Å²) in [6.45, 7) is 2.03. The van der Waals surface area contributed by atoms with Crippen LogP contribution in [0.4, 0.5) is 0 Å². The molecule has 0 saturated carbocycles. The van der Waals surface area contributed by atoms with E-state index in [1.165, 1.54) is 10.4 Å². The van der Waals surface area contributed by atoms with Gasteiger partial charge in [-0.15, -0.1) is 22.9 Å². The number of benzene rings is 1. The van der Waals surface area contributed by atoms with Gasteiger partial charge >= 0.3 is 0 Å². The van der Waals surface area contributed by atoms with Crippen molar-refractivity contribution in [1.29, 1.82) is 0 Å². The predicted molar refractivity (Wildman–Crippen MR) is 78.2 cm³/mol. The topological polar surface area (TPSA) is 12.9 Å². The molecule has 1 unspecified atom stereocenters. The van der Waals surface area contributed by atoms with Crippen molar-refractivity contribution in [1.82, 2.24) is 4.98 Å². The van der Waals surface area contributed by atoms with Crippen LogP contribution in [0.5, 0.6) is 0 Å². The zero-order valence-corrected chi connectivity index (χ0v) is 12.6. The Hall–Kier alpha value is -0.380. The highest BCUT2D eigenvalue weighted by Crippen LogP contribution is 2.30. The number of nitrogens with zero attached hydrogens (tertiary/aromatic N) is 1. The van der Waals surface area contributed by atoms with Gasteiger partial charge in [-0.05, 0) is 25.0 Å². The van der Waals surface area contributed by atoms with Gasteiger partial charge in [-0.3, -0.25) is 0 Å². The Morgan fingerprint density at radius 2 is 2.18 bits per heavy atom. The van der Waals surface area contributed by atoms with Crippen LogP contribution in [0.1, 0.15) is 21.4 Å². The highest BCUT2D eigenvalue weighted by atomic mass is 79.9. The van der Waals surface area contributed by atoms with E-state index in [4.69, 9.17) is 11.6 Å². The van der Waals surface area contributed by atoms with Crippen molar-refractivity contribution in [3.8, 4) is 0 Å². The van der Waals surface area contributed by atoms with Crippen molar-refractivity contribution in [2.45, 2.75) is 19.3 Å². The van der Waals surface area contributed by atoms with Crippen LogP contribution in [0.2, 0.25) is 0 Å². The summed E-state index contributed by atoms with van der Waals surface area (Å²) in [5.74, 6) is 0.964. The molecule has 1 atom stereocenters. The van der Waals surface area contributed by atoms with E-state index in [1.807, 2.05) is 19.2 Å². The first kappa shape index (κ1) is 13.1. The maximum absolute atomic E-state index is 6.09. The second-order valence-corrected chi connectivity index (χ2v) is 6.40. The largest absolute Gasteiger partial charge is 0.250 e. The van der Waals surface area contributed by atoms with E-state index in [-0.39, 0.29) is 0 Å². The minimum atomic E-state index is 0.340. The summed E-state index contributed by atoms with van der Waals surface area (Å²) in [5.41, 5.74) is 1.27. The maximum atomic E-state index is 6.09. The number of thiazole rings is 1. The monoisotopic (exact) mass is 329 g/mol. The number of hydrogen-bond acceptors (Lipinski definition) is 2. The SMILES string of the molecule is Cc1ncc(CC(CCl)c2ccccc2Br)s1. The molecule has 0 spiro atoms. The number of halogens is 2. The third kappa shape index (κ3) is 3.30. The van der Waals surface area contributed by atoms with Gasteiger partial charge in [0.15, 0.2) is 0 Å². The maximum Gasteiger partial charge on any atom is 0.0896 e. The van der Waals surface area contributed by atoms with E-state index in [1.54, 1.807) is 11.3 Å². The van der Waals surface area contributed by atoms with Gasteiger partial charge in [0.25, 0.3) is 0 Å². The van der Waals surface area contributed by atoms with Gasteiger partial charge in [-0.1, -0.05) is 34.1 Å². The van der Waals surface area contributed by atoms with Crippen molar-refractivity contribution in [2.24, 2.45) is 0 Å². The van der Waals surface area contributed by atoms with Crippen molar-refractivity contribution in [3.63, 3.8) is 0 Å². The van der Waals surface area contributed by atoms with Crippen LogP contribution in [-0.2, 0) is 6.42 Å². The second-order valence-electron chi connectivity index (χ2n) is 3.92. The molecule has 1 aromatic heterocycles. The lowest BCUT2D eigenvalue weighted by Gasteiger charge is -2.14. The van der Waals surface area contributed by atoms with Gasteiger partial charge in [-0.25, -0.2) is 4.98 Å². The van der Waals surface area contributed by atoms with Crippen molar-refractivity contribution in [3.05, 3.63) is 50.4 Å². The van der Waals surface area contributed by atoms with E-state index in [9.17, 15) is 0 Å². The summed E-state index contributed by atoms with van der Waals surface area (Å²) in [4.78, 5) is 5.58. The molecule has 17 heavy (non-hydrogen) atoms. The Bertz CT molecular complexity index is 498. The fourth-order valence-corrected chi connectivity index (χ4v) is 3.56. The smallest absolute Gasteiger partial charge is 0.0896 e. The van der Waals surface area contributed by atoms with Gasteiger partial charge in [-0.2, -0.15) is 0 Å². The minimum absolute atomic E-state index is 0.340. The molecule has 4 heteroatoms. The highest BCUT2D eigenvalue weighted by Gasteiger charge is 2.15. The lowest BCUT2D eigenvalue weighted by Crippen LogP contribution is -2.04. The lowest BCUT2D eigenvalue weighted by atomic mass is 9.97. The van der Waals surface area contributed by atoms with Crippen LogP contribution in [0.3, 0.4) is 0 Å². The number of aromatic nitrogens is 1. The van der Waals surface area contributed by atoms with Crippen LogP contribution < -0.4 is 0 Å². The van der Waals surface area contributed by atoms with Crippen molar-refractivity contribution >= 4 is 38.9 Å². The predicted octanol–water partition coefficient (Wildman–Crippen LogP) is 4.78. The number of aryl methyl sites for hydroxylation is 1. The molecule has 0 amide bonds. The normalized spacial score (nSPS) is 12.6. The lowest BCUT2D eigenvalue weighted by molar-refractivity contribution is 0.770. The molecule has 0 aliphatic rings. The van der Waals surface area contributed by atoms with E-state index in [0.29, 0.717) is 11.8 Å². The molecule has 0 saturated heterocycles. The fourth-order valence-electron chi connectivity index (χ4n) is 1.80. The third-order valence-corrected chi connectivity index (χ3v) is 4.68. The number of hydrogen-bond donors (Lipinski definition) is 0. The summed E-state index contributed by atoms with van der Waals surface area (Å²) in [6, 6.07) is 8.27. The van der Waals surface area contributed by atoms with Crippen molar-refractivity contribution < 1.29 is 0 Å². The Labute approximate surface area is 119 Å². The highest BCUT2D eigenvalue weighted by molar-refractivity contribution is 9.10. The standard InChI is InChI=1S/C13H13BrClNS/c1-9-16-8-11(17-9)6-10(7-15)12-4-2-3-5-13(12)14/h2-5,8,10H,6-7H2,1H3. The summed E-state index contributed by atoms with van der Waals surface area (Å²) in [5, 5.41) is 1.11. The van der Waals surface area contributed by atoms with Crippen LogP contribution >= 0.6 is 38.9 Å². The van der Waals surface area contributed by atoms with Gasteiger partial charge in [0.1, 0.15) is 0 Å². The van der Waals surface area contributed by atoms with Crippen LogP contribution in [-0.4, -0.2) is 10.9 Å². The Kier molecular flexibility index (Phi) is 4.60. The Morgan fingerprint density at radius 1 is 1.41 bits per heavy atom. The number of rotatable bonds is 4. The van der Waals surface area contributed by atoms with Gasteiger partial charge in [0.2, 0.25) is 0 Å². The molecule has 2 rings (SSSR count). The zero-order chi connectivity index (χ0) is 12.3. The molecule has 0 fully saturated rings. The average molecular weight is 331 g/mol. The third-order valence-electron chi connectivity index (χ3n) is 2.65. The second kappa shape index (κ2) is 5.98. The summed E-state index contributed by atoms with van der Waals surface area (Å²) in [7, 11) is 0.